The molecule has 2 nitrogen and oxygen atoms in total. The number of hydrogen-bond acceptors (Lipinski definition) is 3. The molecule has 92 valence electrons. The van der Waals surface area contributed by atoms with Crippen molar-refractivity contribution in [2.45, 2.75) is 0 Å². The van der Waals surface area contributed by atoms with E-state index in [0.29, 0.717) is 0 Å². The van der Waals surface area contributed by atoms with E-state index in [2.05, 4.69) is 22.9 Å². The van der Waals surface area contributed by atoms with E-state index in [-0.39, 0.29) is 11.5 Å². The van der Waals surface area contributed by atoms with Crippen molar-refractivity contribution in [3.63, 3.8) is 0 Å². The van der Waals surface area contributed by atoms with Gasteiger partial charge < -0.3 is 10.2 Å². The molecule has 19 heavy (non-hydrogen) atoms. The maximum Gasteiger partial charge on any atom is 0.127 e. The summed E-state index contributed by atoms with van der Waals surface area (Å²) in [6, 6.07) is 11.2. The molecule has 0 fully saturated rings. The molecule has 1 heterocycles. The second-order valence-corrected chi connectivity index (χ2v) is 5.45. The maximum absolute atomic E-state index is 10.1. The van der Waals surface area contributed by atoms with Gasteiger partial charge in [-0.05, 0) is 55.9 Å². The van der Waals surface area contributed by atoms with Crippen molar-refractivity contribution in [3.8, 4) is 11.5 Å². The SMILES string of the molecule is Oc1cc(O)c2c(ccc3cc4cscc4cc32)c1. The summed E-state index contributed by atoms with van der Waals surface area (Å²) < 4.78 is 0. The van der Waals surface area contributed by atoms with Crippen LogP contribution in [-0.2, 0) is 0 Å². The van der Waals surface area contributed by atoms with Crippen LogP contribution >= 0.6 is 11.3 Å². The Kier molecular flexibility index (Phi) is 2.03. The first kappa shape index (κ1) is 10.6. The molecule has 4 rings (SSSR count). The largest absolute Gasteiger partial charge is 0.508 e. The van der Waals surface area contributed by atoms with Crippen LogP contribution in [0.3, 0.4) is 0 Å². The average molecular weight is 266 g/mol. The summed E-state index contributed by atoms with van der Waals surface area (Å²) >= 11 is 1.67. The Bertz CT molecular complexity index is 938. The summed E-state index contributed by atoms with van der Waals surface area (Å²) in [4.78, 5) is 0. The normalized spacial score (nSPS) is 11.6. The molecule has 0 atom stereocenters. The van der Waals surface area contributed by atoms with Crippen LogP contribution in [0.5, 0.6) is 11.5 Å². The molecule has 2 N–H and O–H groups in total. The van der Waals surface area contributed by atoms with Gasteiger partial charge in [-0.15, -0.1) is 0 Å². The van der Waals surface area contributed by atoms with Gasteiger partial charge in [-0.3, -0.25) is 0 Å². The van der Waals surface area contributed by atoms with Gasteiger partial charge in [0.05, 0.1) is 0 Å². The van der Waals surface area contributed by atoms with Gasteiger partial charge in [-0.25, -0.2) is 0 Å². The topological polar surface area (TPSA) is 40.5 Å². The highest BCUT2D eigenvalue weighted by Crippen LogP contribution is 2.37. The Morgan fingerprint density at radius 3 is 2.32 bits per heavy atom. The Balaban J connectivity index is 2.28. The average Bonchev–Trinajstić information content (AvgIpc) is 2.82. The molecule has 3 heteroatoms. The van der Waals surface area contributed by atoms with E-state index in [1.807, 2.05) is 12.1 Å². The van der Waals surface area contributed by atoms with E-state index in [1.54, 1.807) is 17.4 Å². The van der Waals surface area contributed by atoms with E-state index in [4.69, 9.17) is 0 Å². The predicted octanol–water partition coefficient (Wildman–Crippen LogP) is 4.62. The highest BCUT2D eigenvalue weighted by Gasteiger charge is 2.08. The Labute approximate surface area is 113 Å². The molecule has 0 amide bonds. The Hall–Kier alpha value is -2.26. The molecule has 0 bridgehead atoms. The van der Waals surface area contributed by atoms with Crippen LogP contribution < -0.4 is 0 Å². The van der Waals surface area contributed by atoms with Crippen molar-refractivity contribution < 1.29 is 10.2 Å². The third-order valence-corrected chi connectivity index (χ3v) is 4.27. The smallest absolute Gasteiger partial charge is 0.127 e. The van der Waals surface area contributed by atoms with E-state index < -0.39 is 0 Å². The summed E-state index contributed by atoms with van der Waals surface area (Å²) in [5.41, 5.74) is 0. The third-order valence-electron chi connectivity index (χ3n) is 3.49. The molecule has 0 saturated heterocycles. The van der Waals surface area contributed by atoms with Gasteiger partial charge in [-0.1, -0.05) is 12.1 Å². The number of benzene rings is 3. The number of rotatable bonds is 0. The number of phenolic OH excluding ortho intramolecular Hbond substituents is 2. The summed E-state index contributed by atoms with van der Waals surface area (Å²) in [5, 5.41) is 30.1. The monoisotopic (exact) mass is 266 g/mol. The summed E-state index contributed by atoms with van der Waals surface area (Å²) in [6.45, 7) is 0. The second-order valence-electron chi connectivity index (χ2n) is 4.70. The van der Waals surface area contributed by atoms with Crippen LogP contribution in [0.25, 0.3) is 32.3 Å². The molecular formula is C16H10O2S. The van der Waals surface area contributed by atoms with Gasteiger partial charge >= 0.3 is 0 Å². The van der Waals surface area contributed by atoms with Crippen LogP contribution in [-0.4, -0.2) is 10.2 Å². The molecule has 1 aromatic heterocycles. The molecule has 0 aliphatic heterocycles. The van der Waals surface area contributed by atoms with Gasteiger partial charge in [0.2, 0.25) is 0 Å². The lowest BCUT2D eigenvalue weighted by atomic mass is 9.99. The van der Waals surface area contributed by atoms with Crippen molar-refractivity contribution in [2.24, 2.45) is 0 Å². The number of aromatic hydroxyl groups is 2. The molecule has 0 aliphatic rings. The number of thiophene rings is 1. The molecule has 0 unspecified atom stereocenters. The van der Waals surface area contributed by atoms with Crippen LogP contribution in [0.15, 0.2) is 47.2 Å². The molecule has 3 aromatic carbocycles. The Morgan fingerprint density at radius 1 is 0.737 bits per heavy atom. The zero-order valence-corrected chi connectivity index (χ0v) is 10.7. The molecule has 4 aromatic rings. The third kappa shape index (κ3) is 1.48. The summed E-state index contributed by atoms with van der Waals surface area (Å²) in [5.74, 6) is 0.205. The fraction of sp³-hybridized carbons (Fsp3) is 0. The minimum atomic E-state index is 0.0842. The Morgan fingerprint density at radius 2 is 1.47 bits per heavy atom. The van der Waals surface area contributed by atoms with Crippen molar-refractivity contribution in [3.05, 3.63) is 47.2 Å². The minimum Gasteiger partial charge on any atom is -0.508 e. The summed E-state index contributed by atoms with van der Waals surface area (Å²) in [6.07, 6.45) is 0. The zero-order valence-electron chi connectivity index (χ0n) is 9.92. The van der Waals surface area contributed by atoms with Crippen molar-refractivity contribution in [1.82, 2.24) is 0 Å². The fourth-order valence-electron chi connectivity index (χ4n) is 2.63. The quantitative estimate of drug-likeness (QED) is 0.456. The molecule has 0 spiro atoms. The van der Waals surface area contributed by atoms with E-state index in [0.717, 1.165) is 21.5 Å². The molecule has 0 radical (unpaired) electrons. The second kappa shape index (κ2) is 3.62. The highest BCUT2D eigenvalue weighted by molar-refractivity contribution is 7.09. The van der Waals surface area contributed by atoms with Gasteiger partial charge in [0.1, 0.15) is 11.5 Å². The van der Waals surface area contributed by atoms with Crippen LogP contribution in [0.4, 0.5) is 0 Å². The highest BCUT2D eigenvalue weighted by atomic mass is 32.1. The minimum absolute atomic E-state index is 0.0842. The zero-order chi connectivity index (χ0) is 13.0. The van der Waals surface area contributed by atoms with Crippen molar-refractivity contribution >= 4 is 43.7 Å². The van der Waals surface area contributed by atoms with Gasteiger partial charge in [-0.2, -0.15) is 11.3 Å². The lowest BCUT2D eigenvalue weighted by Crippen LogP contribution is -1.79. The summed E-state index contributed by atoms with van der Waals surface area (Å²) in [7, 11) is 0. The van der Waals surface area contributed by atoms with Crippen molar-refractivity contribution in [1.29, 1.82) is 0 Å². The first-order chi connectivity index (χ1) is 9.22. The lowest BCUT2D eigenvalue weighted by molar-refractivity contribution is 0.455. The number of hydrogen-bond donors (Lipinski definition) is 2. The predicted molar refractivity (Wildman–Crippen MR) is 80.2 cm³/mol. The standard InChI is InChI=1S/C16H10O2S/c17-13-4-10-2-1-9-3-11-7-19-8-12(11)5-14(9)16(10)15(18)6-13/h1-8,17-18H. The van der Waals surface area contributed by atoms with Gasteiger partial charge in [0.25, 0.3) is 0 Å². The first-order valence-electron chi connectivity index (χ1n) is 5.97. The lowest BCUT2D eigenvalue weighted by Gasteiger charge is -2.07. The van der Waals surface area contributed by atoms with E-state index in [9.17, 15) is 10.2 Å². The molecular weight excluding hydrogens is 256 g/mol. The first-order valence-corrected chi connectivity index (χ1v) is 6.91. The van der Waals surface area contributed by atoms with Crippen LogP contribution in [0.2, 0.25) is 0 Å². The van der Waals surface area contributed by atoms with Crippen molar-refractivity contribution in [2.75, 3.05) is 0 Å². The van der Waals surface area contributed by atoms with Crippen LogP contribution in [0, 0.1) is 0 Å². The van der Waals surface area contributed by atoms with Crippen LogP contribution in [0.1, 0.15) is 0 Å². The van der Waals surface area contributed by atoms with Gasteiger partial charge in [0.15, 0.2) is 0 Å². The number of fused-ring (bicyclic) bond motifs is 4. The van der Waals surface area contributed by atoms with E-state index in [1.165, 1.54) is 16.8 Å². The van der Waals surface area contributed by atoms with Gasteiger partial charge in [0, 0.05) is 11.5 Å². The molecule has 0 aliphatic carbocycles. The number of phenols is 2. The maximum atomic E-state index is 10.1. The fourth-order valence-corrected chi connectivity index (χ4v) is 3.40. The molecule has 0 saturated carbocycles. The van der Waals surface area contributed by atoms with E-state index >= 15 is 0 Å².